The van der Waals surface area contributed by atoms with Crippen molar-refractivity contribution in [1.29, 1.82) is 0 Å². The average molecular weight is 466 g/mol. The van der Waals surface area contributed by atoms with Gasteiger partial charge in [0, 0.05) is 18.0 Å². The van der Waals surface area contributed by atoms with Crippen molar-refractivity contribution >= 4 is 22.5 Å². The molecule has 1 aliphatic carbocycles. The van der Waals surface area contributed by atoms with E-state index in [0.717, 1.165) is 12.8 Å². The van der Waals surface area contributed by atoms with Gasteiger partial charge in [0.2, 0.25) is 0 Å². The molecule has 2 heterocycles. The third-order valence-electron chi connectivity index (χ3n) is 6.16. The summed E-state index contributed by atoms with van der Waals surface area (Å²) in [6.07, 6.45) is 0.892. The molecule has 1 saturated carbocycles. The second-order valence-corrected chi connectivity index (χ2v) is 8.52. The molecule has 1 aromatic carbocycles. The Bertz CT molecular complexity index is 1210. The number of aromatic nitrogens is 3. The van der Waals surface area contributed by atoms with Crippen molar-refractivity contribution in [2.75, 3.05) is 5.32 Å². The molecule has 5 nitrogen and oxygen atoms in total. The Morgan fingerprint density at radius 3 is 2.42 bits per heavy atom. The van der Waals surface area contributed by atoms with Gasteiger partial charge in [-0.25, -0.2) is 13.8 Å². The summed E-state index contributed by atoms with van der Waals surface area (Å²) in [4.78, 5) is 16.4. The van der Waals surface area contributed by atoms with Gasteiger partial charge in [0.05, 0.1) is 28.2 Å². The van der Waals surface area contributed by atoms with Gasteiger partial charge in [-0.2, -0.15) is 18.3 Å². The zero-order chi connectivity index (χ0) is 23.9. The fourth-order valence-electron chi connectivity index (χ4n) is 4.40. The molecule has 1 aliphatic rings. The molecule has 3 aromatic rings. The molecule has 0 unspecified atom stereocenters. The smallest absolute Gasteiger partial charge is 0.319 e. The number of benzene rings is 1. The molecule has 0 bridgehead atoms. The highest BCUT2D eigenvalue weighted by Crippen LogP contribution is 2.33. The van der Waals surface area contributed by atoms with Crippen LogP contribution in [-0.2, 0) is 12.7 Å². The Morgan fingerprint density at radius 2 is 1.76 bits per heavy atom. The second-order valence-electron chi connectivity index (χ2n) is 8.52. The number of nitrogens with zero attached hydrogens (tertiary/aromatic N) is 3. The fraction of sp³-hybridized carbons (Fsp3) is 0.435. The molecule has 0 atom stereocenters. The van der Waals surface area contributed by atoms with Gasteiger partial charge >= 0.3 is 6.18 Å². The average Bonchev–Trinajstić information content (AvgIpc) is 3.01. The van der Waals surface area contributed by atoms with E-state index in [-0.39, 0.29) is 5.39 Å². The topological polar surface area (TPSA) is 59.8 Å². The lowest BCUT2D eigenvalue weighted by molar-refractivity contribution is -0.140. The number of hydrogen-bond acceptors (Lipinski definition) is 3. The van der Waals surface area contributed by atoms with Crippen molar-refractivity contribution in [1.82, 2.24) is 14.8 Å². The number of nitrogens with one attached hydrogen (secondary N) is 1. The Labute approximate surface area is 187 Å². The molecule has 10 heteroatoms. The molecule has 0 spiro atoms. The van der Waals surface area contributed by atoms with Crippen molar-refractivity contribution < 1.29 is 26.7 Å². The highest BCUT2D eigenvalue weighted by atomic mass is 19.4. The first-order valence-electron chi connectivity index (χ1n) is 10.8. The predicted molar refractivity (Wildman–Crippen MR) is 113 cm³/mol. The van der Waals surface area contributed by atoms with Crippen LogP contribution in [0.15, 0.2) is 18.2 Å². The maximum absolute atomic E-state index is 13.8. The van der Waals surface area contributed by atoms with Gasteiger partial charge in [-0.05, 0) is 44.7 Å². The molecular weight excluding hydrogens is 443 g/mol. The van der Waals surface area contributed by atoms with Gasteiger partial charge in [-0.3, -0.25) is 9.48 Å². The minimum Gasteiger partial charge on any atom is -0.319 e. The van der Waals surface area contributed by atoms with Gasteiger partial charge in [0.25, 0.3) is 5.91 Å². The van der Waals surface area contributed by atoms with Crippen molar-refractivity contribution in [3.05, 3.63) is 52.5 Å². The lowest BCUT2D eigenvalue weighted by Crippen LogP contribution is -2.18. The van der Waals surface area contributed by atoms with E-state index in [9.17, 15) is 26.7 Å². The van der Waals surface area contributed by atoms with Gasteiger partial charge < -0.3 is 5.32 Å². The summed E-state index contributed by atoms with van der Waals surface area (Å²) >= 11 is 0. The first-order chi connectivity index (χ1) is 15.5. The number of fused-ring (bicyclic) bond motifs is 1. The van der Waals surface area contributed by atoms with E-state index < -0.39 is 40.5 Å². The van der Waals surface area contributed by atoms with Crippen LogP contribution in [0.5, 0.6) is 0 Å². The zero-order valence-corrected chi connectivity index (χ0v) is 18.2. The largest absolute Gasteiger partial charge is 0.433 e. The fourth-order valence-corrected chi connectivity index (χ4v) is 4.40. The Kier molecular flexibility index (Phi) is 6.11. The number of halogens is 5. The summed E-state index contributed by atoms with van der Waals surface area (Å²) in [5.74, 6) is -3.04. The van der Waals surface area contributed by atoms with Crippen LogP contribution in [0.2, 0.25) is 0 Å². The van der Waals surface area contributed by atoms with Crippen LogP contribution in [0.3, 0.4) is 0 Å². The van der Waals surface area contributed by atoms with Crippen LogP contribution in [0.25, 0.3) is 10.9 Å². The van der Waals surface area contributed by atoms with E-state index in [1.54, 1.807) is 13.8 Å². The third kappa shape index (κ3) is 4.69. The number of hydrogen-bond donors (Lipinski definition) is 1. The van der Waals surface area contributed by atoms with Crippen LogP contribution in [0.4, 0.5) is 27.6 Å². The molecule has 1 fully saturated rings. The standard InChI is InChI=1S/C23H23F5N4O/c1-12-21(13(2)32(31-12)11-14-6-4-3-5-7-14)30-22(33)16-9-20(23(26,27)28)29-19-10-18(25)17(24)8-15(16)19/h8-10,14H,3-7,11H2,1-2H3,(H,30,33). The molecule has 176 valence electrons. The van der Waals surface area contributed by atoms with E-state index in [0.29, 0.717) is 47.7 Å². The molecule has 33 heavy (non-hydrogen) atoms. The lowest BCUT2D eigenvalue weighted by atomic mass is 9.89. The molecule has 0 radical (unpaired) electrons. The summed E-state index contributed by atoms with van der Waals surface area (Å²) in [5.41, 5.74) is -0.703. The Morgan fingerprint density at radius 1 is 1.09 bits per heavy atom. The highest BCUT2D eigenvalue weighted by molar-refractivity contribution is 6.12. The summed E-state index contributed by atoms with van der Waals surface area (Å²) < 4.78 is 69.3. The van der Waals surface area contributed by atoms with Crippen LogP contribution in [0.1, 0.15) is 59.5 Å². The molecule has 4 rings (SSSR count). The van der Waals surface area contributed by atoms with Crippen molar-refractivity contribution in [2.24, 2.45) is 5.92 Å². The molecule has 0 aliphatic heterocycles. The van der Waals surface area contributed by atoms with Crippen LogP contribution < -0.4 is 5.32 Å². The number of anilines is 1. The van der Waals surface area contributed by atoms with Crippen molar-refractivity contribution in [3.63, 3.8) is 0 Å². The first-order valence-corrected chi connectivity index (χ1v) is 10.8. The van der Waals surface area contributed by atoms with Crippen molar-refractivity contribution in [2.45, 2.75) is 58.7 Å². The Hall–Kier alpha value is -3.04. The predicted octanol–water partition coefficient (Wildman–Crippen LogP) is 6.18. The number of carbonyl (C=O) groups excluding carboxylic acids is 1. The van der Waals surface area contributed by atoms with E-state index in [2.05, 4.69) is 15.4 Å². The summed E-state index contributed by atoms with van der Waals surface area (Å²) in [6.45, 7) is 4.17. The normalized spacial score (nSPS) is 15.2. The number of amides is 1. The van der Waals surface area contributed by atoms with Gasteiger partial charge in [-0.1, -0.05) is 19.3 Å². The molecule has 0 saturated heterocycles. The number of alkyl halides is 3. The van der Waals surface area contributed by atoms with Crippen LogP contribution >= 0.6 is 0 Å². The van der Waals surface area contributed by atoms with Crippen LogP contribution in [0, 0.1) is 31.4 Å². The summed E-state index contributed by atoms with van der Waals surface area (Å²) in [7, 11) is 0. The molecule has 1 N–H and O–H groups in total. The number of pyridine rings is 1. The van der Waals surface area contributed by atoms with Crippen molar-refractivity contribution in [3.8, 4) is 0 Å². The molecule has 1 amide bonds. The quantitative estimate of drug-likeness (QED) is 0.468. The number of carbonyl (C=O) groups is 1. The highest BCUT2D eigenvalue weighted by Gasteiger charge is 2.34. The zero-order valence-electron chi connectivity index (χ0n) is 18.2. The van der Waals surface area contributed by atoms with Gasteiger partial charge in [0.1, 0.15) is 5.69 Å². The number of aryl methyl sites for hydroxylation is 1. The number of rotatable bonds is 4. The molecular formula is C23H23F5N4O. The van der Waals surface area contributed by atoms with Gasteiger partial charge in [-0.15, -0.1) is 0 Å². The van der Waals surface area contributed by atoms with E-state index >= 15 is 0 Å². The third-order valence-corrected chi connectivity index (χ3v) is 6.16. The SMILES string of the molecule is Cc1nn(CC2CCCCC2)c(C)c1NC(=O)c1cc(C(F)(F)F)nc2cc(F)c(F)cc12. The first kappa shape index (κ1) is 23.1. The van der Waals surface area contributed by atoms with Crippen LogP contribution in [-0.4, -0.2) is 20.7 Å². The molecule has 2 aromatic heterocycles. The van der Waals surface area contributed by atoms with E-state index in [1.165, 1.54) is 19.3 Å². The lowest BCUT2D eigenvalue weighted by Gasteiger charge is -2.22. The maximum atomic E-state index is 13.8. The maximum Gasteiger partial charge on any atom is 0.433 e. The Balaban J connectivity index is 1.70. The minimum atomic E-state index is -4.87. The summed E-state index contributed by atoms with van der Waals surface area (Å²) in [6, 6.07) is 1.78. The monoisotopic (exact) mass is 466 g/mol. The second kappa shape index (κ2) is 8.72. The summed E-state index contributed by atoms with van der Waals surface area (Å²) in [5, 5.41) is 6.90. The van der Waals surface area contributed by atoms with E-state index in [4.69, 9.17) is 0 Å². The van der Waals surface area contributed by atoms with Gasteiger partial charge in [0.15, 0.2) is 11.6 Å². The van der Waals surface area contributed by atoms with E-state index in [1.807, 2.05) is 4.68 Å². The minimum absolute atomic E-state index is 0.218.